The fourth-order valence-corrected chi connectivity index (χ4v) is 4.21. The highest BCUT2D eigenvalue weighted by molar-refractivity contribution is 5.91. The molecule has 1 N–H and O–H groups in total. The summed E-state index contributed by atoms with van der Waals surface area (Å²) in [5.74, 6) is -2.75. The summed E-state index contributed by atoms with van der Waals surface area (Å²) in [7, 11) is 0. The van der Waals surface area contributed by atoms with Gasteiger partial charge in [-0.3, -0.25) is 4.68 Å². The maximum atomic E-state index is 13.7. The number of carboxylic acids is 1. The molecule has 0 unspecified atom stereocenters. The smallest absolute Gasteiger partial charge is 0.421 e. The Kier molecular flexibility index (Phi) is 3.70. The molecule has 1 saturated heterocycles. The van der Waals surface area contributed by atoms with Gasteiger partial charge in [0.15, 0.2) is 0 Å². The predicted octanol–water partition coefficient (Wildman–Crippen LogP) is 2.86. The van der Waals surface area contributed by atoms with Gasteiger partial charge in [-0.15, -0.1) is 0 Å². The molecule has 3 aliphatic rings. The molecule has 2 aliphatic carbocycles. The van der Waals surface area contributed by atoms with Crippen molar-refractivity contribution in [2.45, 2.75) is 43.5 Å². The Morgan fingerprint density at radius 1 is 1.36 bits per heavy atom. The van der Waals surface area contributed by atoms with Crippen molar-refractivity contribution in [3.8, 4) is 11.3 Å². The third kappa shape index (κ3) is 2.66. The number of alkyl halides is 3. The zero-order valence-electron chi connectivity index (χ0n) is 14.7. The Morgan fingerprint density at radius 2 is 2.14 bits per heavy atom. The van der Waals surface area contributed by atoms with E-state index in [1.807, 2.05) is 0 Å². The first-order valence-electron chi connectivity index (χ1n) is 9.02. The number of aromatic nitrogens is 2. The van der Waals surface area contributed by atoms with Crippen LogP contribution >= 0.6 is 0 Å². The van der Waals surface area contributed by atoms with Crippen LogP contribution < -0.4 is 0 Å². The maximum absolute atomic E-state index is 13.7. The molecule has 28 heavy (non-hydrogen) atoms. The van der Waals surface area contributed by atoms with Crippen LogP contribution in [0.25, 0.3) is 11.3 Å². The van der Waals surface area contributed by atoms with Gasteiger partial charge in [-0.05, 0) is 12.8 Å². The highest BCUT2D eigenvalue weighted by Gasteiger charge is 2.55. The Hall–Kier alpha value is -2.33. The normalized spacial score (nSPS) is 22.8. The largest absolute Gasteiger partial charge is 0.475 e. The summed E-state index contributed by atoms with van der Waals surface area (Å²) < 4.78 is 58.9. The molecule has 2 aromatic rings. The van der Waals surface area contributed by atoms with Crippen LogP contribution in [0.15, 0.2) is 10.6 Å². The molecule has 2 aromatic heterocycles. The van der Waals surface area contributed by atoms with Crippen LogP contribution in [0.3, 0.4) is 0 Å². The number of carboxylic acid groups (broad SMARTS) is 1. The van der Waals surface area contributed by atoms with Gasteiger partial charge in [0.2, 0.25) is 5.76 Å². The van der Waals surface area contributed by atoms with E-state index in [9.17, 15) is 23.1 Å². The van der Waals surface area contributed by atoms with E-state index in [-0.39, 0.29) is 35.0 Å². The molecule has 1 atom stereocenters. The van der Waals surface area contributed by atoms with E-state index in [1.54, 1.807) is 10.9 Å². The lowest BCUT2D eigenvalue weighted by Crippen LogP contribution is -2.32. The Labute approximate surface area is 157 Å². The molecule has 7 nitrogen and oxygen atoms in total. The molecule has 2 fully saturated rings. The number of hydrogen-bond acceptors (Lipinski definition) is 5. The van der Waals surface area contributed by atoms with Crippen molar-refractivity contribution in [1.29, 1.82) is 0 Å². The maximum Gasteiger partial charge on any atom is 0.421 e. The van der Waals surface area contributed by atoms with Gasteiger partial charge in [-0.2, -0.15) is 18.3 Å². The minimum absolute atomic E-state index is 0.0530. The van der Waals surface area contributed by atoms with E-state index in [1.165, 1.54) is 0 Å². The van der Waals surface area contributed by atoms with E-state index < -0.39 is 23.5 Å². The van der Waals surface area contributed by atoms with Gasteiger partial charge in [-0.1, -0.05) is 0 Å². The van der Waals surface area contributed by atoms with E-state index in [2.05, 4.69) is 5.10 Å². The molecular formula is C18H17F3N2O5. The Morgan fingerprint density at radius 3 is 2.75 bits per heavy atom. The van der Waals surface area contributed by atoms with Crippen molar-refractivity contribution < 1.29 is 37.0 Å². The average molecular weight is 398 g/mol. The summed E-state index contributed by atoms with van der Waals surface area (Å²) >= 11 is 0. The molecule has 0 bridgehead atoms. The van der Waals surface area contributed by atoms with Crippen LogP contribution in [-0.4, -0.2) is 46.8 Å². The van der Waals surface area contributed by atoms with E-state index in [4.69, 9.17) is 13.9 Å². The van der Waals surface area contributed by atoms with Crippen LogP contribution in [0, 0.1) is 0 Å². The third-order valence-corrected chi connectivity index (χ3v) is 5.66. The molecule has 0 aromatic carbocycles. The number of fused-ring (bicyclic) bond motifs is 4. The summed E-state index contributed by atoms with van der Waals surface area (Å²) in [5.41, 5.74) is -0.925. The van der Waals surface area contributed by atoms with Crippen molar-refractivity contribution in [1.82, 2.24) is 9.78 Å². The second-order valence-electron chi connectivity index (χ2n) is 7.55. The third-order valence-electron chi connectivity index (χ3n) is 5.66. The first-order valence-corrected chi connectivity index (χ1v) is 9.02. The van der Waals surface area contributed by atoms with Crippen molar-refractivity contribution in [3.05, 3.63) is 28.8 Å². The van der Waals surface area contributed by atoms with Gasteiger partial charge in [0.1, 0.15) is 23.1 Å². The Balaban J connectivity index is 1.62. The van der Waals surface area contributed by atoms with Gasteiger partial charge in [0.25, 0.3) is 0 Å². The summed E-state index contributed by atoms with van der Waals surface area (Å²) in [6, 6.07) is 0. The molecule has 5 rings (SSSR count). The number of carbonyl (C=O) groups is 1. The van der Waals surface area contributed by atoms with Gasteiger partial charge in [0.05, 0.1) is 31.9 Å². The molecule has 0 radical (unpaired) electrons. The highest BCUT2D eigenvalue weighted by Crippen LogP contribution is 2.59. The lowest BCUT2D eigenvalue weighted by atomic mass is 9.82. The number of rotatable bonds is 3. The van der Waals surface area contributed by atoms with Gasteiger partial charge >= 0.3 is 12.1 Å². The zero-order chi connectivity index (χ0) is 19.7. The van der Waals surface area contributed by atoms with Crippen LogP contribution in [0.1, 0.15) is 40.3 Å². The highest BCUT2D eigenvalue weighted by atomic mass is 19.4. The van der Waals surface area contributed by atoms with E-state index >= 15 is 0 Å². The second kappa shape index (κ2) is 5.84. The van der Waals surface area contributed by atoms with Crippen molar-refractivity contribution in [3.63, 3.8) is 0 Å². The SMILES string of the molecule is O=C(O)c1oc2c(c1C(F)(F)F)-c1nn(C[C@H]3COCCO3)cc1C1(CC1)C2. The molecule has 0 amide bonds. The van der Waals surface area contributed by atoms with Crippen molar-refractivity contribution in [2.24, 2.45) is 0 Å². The fraction of sp³-hybridized carbons (Fsp3) is 0.556. The minimum atomic E-state index is -4.86. The van der Waals surface area contributed by atoms with Gasteiger partial charge in [0, 0.05) is 23.6 Å². The molecule has 10 heteroatoms. The standard InChI is InChI=1S/C18H17F3N2O5/c19-18(20,21)13-12-11(28-15(13)16(24)25)5-17(1-2-17)10-7-23(22-14(10)12)6-9-8-26-3-4-27-9/h7,9H,1-6,8H2,(H,24,25)/t9-/m0/s1. The number of aromatic carboxylic acids is 1. The first kappa shape index (κ1) is 17.7. The number of furan rings is 1. The number of ether oxygens (including phenoxy) is 2. The quantitative estimate of drug-likeness (QED) is 0.856. The summed E-state index contributed by atoms with van der Waals surface area (Å²) in [6.07, 6.45) is -1.47. The monoisotopic (exact) mass is 398 g/mol. The van der Waals surface area contributed by atoms with Crippen LogP contribution in [0.2, 0.25) is 0 Å². The number of halogens is 3. The average Bonchev–Trinajstić information content (AvgIpc) is 3.08. The second-order valence-corrected chi connectivity index (χ2v) is 7.55. The van der Waals surface area contributed by atoms with Crippen molar-refractivity contribution in [2.75, 3.05) is 19.8 Å². The first-order chi connectivity index (χ1) is 13.3. The Bertz CT molecular complexity index is 951. The topological polar surface area (TPSA) is 86.7 Å². The lowest BCUT2D eigenvalue weighted by Gasteiger charge is -2.22. The molecule has 150 valence electrons. The van der Waals surface area contributed by atoms with E-state index in [0.717, 1.165) is 18.4 Å². The summed E-state index contributed by atoms with van der Waals surface area (Å²) in [6.45, 7) is 1.72. The van der Waals surface area contributed by atoms with Crippen LogP contribution in [-0.2, 0) is 34.0 Å². The number of nitrogens with zero attached hydrogens (tertiary/aromatic N) is 2. The summed E-state index contributed by atoms with van der Waals surface area (Å²) in [4.78, 5) is 11.4. The number of hydrogen-bond donors (Lipinski definition) is 1. The van der Waals surface area contributed by atoms with Gasteiger partial charge < -0.3 is 19.0 Å². The van der Waals surface area contributed by atoms with Crippen LogP contribution in [0.5, 0.6) is 0 Å². The van der Waals surface area contributed by atoms with Crippen molar-refractivity contribution >= 4 is 5.97 Å². The lowest BCUT2D eigenvalue weighted by molar-refractivity contribution is -0.138. The molecule has 1 aliphatic heterocycles. The van der Waals surface area contributed by atoms with E-state index in [0.29, 0.717) is 26.4 Å². The molecule has 1 spiro atoms. The van der Waals surface area contributed by atoms with Crippen LogP contribution in [0.4, 0.5) is 13.2 Å². The fourth-order valence-electron chi connectivity index (χ4n) is 4.21. The molecule has 3 heterocycles. The zero-order valence-corrected chi connectivity index (χ0v) is 14.7. The minimum Gasteiger partial charge on any atom is -0.475 e. The molecule has 1 saturated carbocycles. The van der Waals surface area contributed by atoms with Gasteiger partial charge in [-0.25, -0.2) is 4.79 Å². The predicted molar refractivity (Wildman–Crippen MR) is 87.1 cm³/mol. The molecular weight excluding hydrogens is 381 g/mol. The summed E-state index contributed by atoms with van der Waals surface area (Å²) in [5, 5.41) is 13.6.